The van der Waals surface area contributed by atoms with Crippen molar-refractivity contribution in [2.24, 2.45) is 5.92 Å². The predicted octanol–water partition coefficient (Wildman–Crippen LogP) is 1.56. The van der Waals surface area contributed by atoms with Crippen molar-refractivity contribution >= 4 is 15.7 Å². The second kappa shape index (κ2) is 6.56. The smallest absolute Gasteiger partial charge is 0.240 e. The maximum absolute atomic E-state index is 11.8. The molecule has 0 heterocycles. The van der Waals surface area contributed by atoms with E-state index in [-0.39, 0.29) is 17.5 Å². The van der Waals surface area contributed by atoms with E-state index in [4.69, 9.17) is 0 Å². The van der Waals surface area contributed by atoms with Crippen molar-refractivity contribution < 1.29 is 13.5 Å². The van der Waals surface area contributed by atoms with Crippen molar-refractivity contribution in [3.05, 3.63) is 24.3 Å². The van der Waals surface area contributed by atoms with Crippen LogP contribution in [-0.2, 0) is 10.0 Å². The van der Waals surface area contributed by atoms with Gasteiger partial charge < -0.3 is 10.4 Å². The molecule has 0 amide bonds. The molecular formula is C14H22N2O3S. The first-order valence-electron chi connectivity index (χ1n) is 7.04. The topological polar surface area (TPSA) is 78.4 Å². The van der Waals surface area contributed by atoms with Gasteiger partial charge in [-0.05, 0) is 37.1 Å². The first-order chi connectivity index (χ1) is 9.56. The van der Waals surface area contributed by atoms with Gasteiger partial charge in [-0.2, -0.15) is 0 Å². The fraction of sp³-hybridized carbons (Fsp3) is 0.571. The van der Waals surface area contributed by atoms with E-state index < -0.39 is 10.0 Å². The molecule has 0 saturated heterocycles. The largest absolute Gasteiger partial charge is 0.396 e. The molecule has 6 heteroatoms. The molecule has 0 aromatic heterocycles. The summed E-state index contributed by atoms with van der Waals surface area (Å²) in [6.45, 7) is 2.33. The minimum Gasteiger partial charge on any atom is -0.396 e. The number of hydrogen-bond acceptors (Lipinski definition) is 4. The summed E-state index contributed by atoms with van der Waals surface area (Å²) in [6, 6.07) is 7.02. The van der Waals surface area contributed by atoms with Gasteiger partial charge in [0.25, 0.3) is 0 Å². The lowest BCUT2D eigenvalue weighted by atomic mass is 10.0. The normalized spacial score (nSPS) is 22.9. The van der Waals surface area contributed by atoms with Gasteiger partial charge in [0.2, 0.25) is 10.0 Å². The van der Waals surface area contributed by atoms with Crippen LogP contribution in [-0.4, -0.2) is 32.7 Å². The maximum atomic E-state index is 11.8. The lowest BCUT2D eigenvalue weighted by molar-refractivity contribution is 0.222. The monoisotopic (exact) mass is 298 g/mol. The Morgan fingerprint density at radius 2 is 1.95 bits per heavy atom. The number of benzene rings is 1. The van der Waals surface area contributed by atoms with E-state index in [1.165, 1.54) is 0 Å². The predicted molar refractivity (Wildman–Crippen MR) is 79.1 cm³/mol. The van der Waals surface area contributed by atoms with Crippen LogP contribution >= 0.6 is 0 Å². The highest BCUT2D eigenvalue weighted by Crippen LogP contribution is 2.28. The molecule has 2 unspecified atom stereocenters. The fourth-order valence-electron chi connectivity index (χ4n) is 2.66. The van der Waals surface area contributed by atoms with Gasteiger partial charge in [0.1, 0.15) is 0 Å². The number of aliphatic hydroxyl groups is 1. The molecule has 1 saturated carbocycles. The van der Waals surface area contributed by atoms with Gasteiger partial charge in [-0.1, -0.05) is 13.3 Å². The molecule has 0 spiro atoms. The average molecular weight is 298 g/mol. The van der Waals surface area contributed by atoms with Crippen molar-refractivity contribution in [1.29, 1.82) is 0 Å². The highest BCUT2D eigenvalue weighted by Gasteiger charge is 2.26. The van der Waals surface area contributed by atoms with E-state index in [0.29, 0.717) is 12.5 Å². The summed E-state index contributed by atoms with van der Waals surface area (Å²) in [5.74, 6) is 0.292. The van der Waals surface area contributed by atoms with E-state index in [1.54, 1.807) is 31.2 Å². The molecular weight excluding hydrogens is 276 g/mol. The van der Waals surface area contributed by atoms with Crippen molar-refractivity contribution in [2.45, 2.75) is 37.1 Å². The molecule has 5 nitrogen and oxygen atoms in total. The summed E-state index contributed by atoms with van der Waals surface area (Å²) in [6.07, 6.45) is 3.21. The van der Waals surface area contributed by atoms with Crippen molar-refractivity contribution in [1.82, 2.24) is 4.72 Å². The molecule has 3 N–H and O–H groups in total. The molecule has 112 valence electrons. The molecule has 1 aliphatic carbocycles. The Morgan fingerprint density at radius 3 is 2.55 bits per heavy atom. The van der Waals surface area contributed by atoms with Crippen LogP contribution in [0.15, 0.2) is 29.2 Å². The van der Waals surface area contributed by atoms with Crippen LogP contribution in [0.4, 0.5) is 5.69 Å². The van der Waals surface area contributed by atoms with Crippen LogP contribution in [0.2, 0.25) is 0 Å². The Hall–Kier alpha value is -1.11. The molecule has 1 aliphatic rings. The van der Waals surface area contributed by atoms with Crippen LogP contribution in [0.1, 0.15) is 26.2 Å². The summed E-state index contributed by atoms with van der Waals surface area (Å²) in [4.78, 5) is 0.273. The molecule has 20 heavy (non-hydrogen) atoms. The molecule has 1 aromatic carbocycles. The van der Waals surface area contributed by atoms with Crippen LogP contribution in [0.25, 0.3) is 0 Å². The van der Waals surface area contributed by atoms with Crippen molar-refractivity contribution in [3.8, 4) is 0 Å². The van der Waals surface area contributed by atoms with Gasteiger partial charge in [-0.15, -0.1) is 0 Å². The van der Waals surface area contributed by atoms with E-state index in [2.05, 4.69) is 10.0 Å². The zero-order chi connectivity index (χ0) is 14.6. The van der Waals surface area contributed by atoms with Crippen LogP contribution in [0.5, 0.6) is 0 Å². The van der Waals surface area contributed by atoms with E-state index >= 15 is 0 Å². The Balaban J connectivity index is 2.05. The van der Waals surface area contributed by atoms with Gasteiger partial charge in [-0.25, -0.2) is 13.1 Å². The summed E-state index contributed by atoms with van der Waals surface area (Å²) < 4.78 is 26.1. The molecule has 2 atom stereocenters. The summed E-state index contributed by atoms with van der Waals surface area (Å²) in [7, 11) is -3.39. The number of anilines is 1. The second-order valence-corrected chi connectivity index (χ2v) is 6.92. The standard InChI is InChI=1S/C14H22N2O3S/c1-2-15-20(18,19)13-8-6-12(7-9-13)16-14-5-3-4-11(14)10-17/h6-9,11,14-17H,2-5,10H2,1H3. The highest BCUT2D eigenvalue weighted by atomic mass is 32.2. The van der Waals surface area contributed by atoms with E-state index in [1.807, 2.05) is 0 Å². The Kier molecular flexibility index (Phi) is 5.01. The third-order valence-electron chi connectivity index (χ3n) is 3.74. The minimum absolute atomic E-state index is 0.199. The van der Waals surface area contributed by atoms with Gasteiger partial charge in [0, 0.05) is 30.8 Å². The Bertz CT molecular complexity index is 528. The fourth-order valence-corrected chi connectivity index (χ4v) is 3.70. The quantitative estimate of drug-likeness (QED) is 0.745. The second-order valence-electron chi connectivity index (χ2n) is 5.15. The third kappa shape index (κ3) is 3.50. The number of rotatable bonds is 6. The Labute approximate surface area is 120 Å². The number of nitrogens with one attached hydrogen (secondary N) is 2. The minimum atomic E-state index is -3.39. The van der Waals surface area contributed by atoms with Gasteiger partial charge in [0.15, 0.2) is 0 Å². The first kappa shape index (κ1) is 15.3. The third-order valence-corrected chi connectivity index (χ3v) is 5.31. The molecule has 1 aromatic rings. The van der Waals surface area contributed by atoms with Crippen molar-refractivity contribution in [2.75, 3.05) is 18.5 Å². The highest BCUT2D eigenvalue weighted by molar-refractivity contribution is 7.89. The summed E-state index contributed by atoms with van der Waals surface area (Å²) in [5, 5.41) is 12.7. The number of sulfonamides is 1. The summed E-state index contributed by atoms with van der Waals surface area (Å²) in [5.41, 5.74) is 0.894. The van der Waals surface area contributed by atoms with Gasteiger partial charge in [0.05, 0.1) is 4.90 Å². The lowest BCUT2D eigenvalue weighted by Gasteiger charge is -2.20. The number of hydrogen-bond donors (Lipinski definition) is 3. The van der Waals surface area contributed by atoms with Crippen LogP contribution in [0.3, 0.4) is 0 Å². The van der Waals surface area contributed by atoms with E-state index in [9.17, 15) is 13.5 Å². The van der Waals surface area contributed by atoms with Crippen LogP contribution in [0, 0.1) is 5.92 Å². The van der Waals surface area contributed by atoms with Crippen LogP contribution < -0.4 is 10.0 Å². The maximum Gasteiger partial charge on any atom is 0.240 e. The Morgan fingerprint density at radius 1 is 1.25 bits per heavy atom. The zero-order valence-electron chi connectivity index (χ0n) is 11.7. The molecule has 1 fully saturated rings. The molecule has 0 bridgehead atoms. The molecule has 0 aliphatic heterocycles. The van der Waals surface area contributed by atoms with E-state index in [0.717, 1.165) is 24.9 Å². The SMILES string of the molecule is CCNS(=O)(=O)c1ccc(NC2CCCC2CO)cc1. The van der Waals surface area contributed by atoms with Gasteiger partial charge in [-0.3, -0.25) is 0 Å². The first-order valence-corrected chi connectivity index (χ1v) is 8.52. The molecule has 2 rings (SSSR count). The molecule has 0 radical (unpaired) electrons. The zero-order valence-corrected chi connectivity index (χ0v) is 12.5. The van der Waals surface area contributed by atoms with Crippen molar-refractivity contribution in [3.63, 3.8) is 0 Å². The lowest BCUT2D eigenvalue weighted by Crippen LogP contribution is -2.26. The average Bonchev–Trinajstić information content (AvgIpc) is 2.86. The number of aliphatic hydroxyl groups excluding tert-OH is 1. The van der Waals surface area contributed by atoms with Gasteiger partial charge >= 0.3 is 0 Å². The summed E-state index contributed by atoms with van der Waals surface area (Å²) >= 11 is 0.